The molecule has 0 bridgehead atoms. The number of amides is 1. The number of rotatable bonds is 4. The van der Waals surface area contributed by atoms with E-state index in [0.717, 1.165) is 57.4 Å². The van der Waals surface area contributed by atoms with Gasteiger partial charge in [-0.15, -0.1) is 0 Å². The van der Waals surface area contributed by atoms with Crippen molar-refractivity contribution in [3.63, 3.8) is 0 Å². The summed E-state index contributed by atoms with van der Waals surface area (Å²) in [5, 5.41) is 8.60. The van der Waals surface area contributed by atoms with Gasteiger partial charge in [0.2, 0.25) is 5.91 Å². The van der Waals surface area contributed by atoms with Crippen LogP contribution in [0.4, 0.5) is 15.2 Å². The molecule has 4 aromatic rings. The Hall–Kier alpha value is -3.26. The van der Waals surface area contributed by atoms with Gasteiger partial charge < -0.3 is 10.2 Å². The lowest BCUT2D eigenvalue weighted by molar-refractivity contribution is -0.120. The lowest BCUT2D eigenvalue weighted by Crippen LogP contribution is -2.40. The van der Waals surface area contributed by atoms with Gasteiger partial charge in [0.1, 0.15) is 5.82 Å². The van der Waals surface area contributed by atoms with Crippen LogP contribution in [0.3, 0.4) is 0 Å². The number of para-hydroxylation sites is 1. The molecule has 0 aliphatic carbocycles. The third-order valence-corrected chi connectivity index (χ3v) is 7.44. The maximum atomic E-state index is 13.8. The normalized spacial score (nSPS) is 16.4. The number of anilines is 2. The maximum absolute atomic E-state index is 13.8. The molecule has 1 fully saturated rings. The molecule has 8 heteroatoms. The van der Waals surface area contributed by atoms with Gasteiger partial charge in [0.25, 0.3) is 0 Å². The molecule has 0 spiro atoms. The van der Waals surface area contributed by atoms with Crippen molar-refractivity contribution in [2.45, 2.75) is 33.6 Å². The van der Waals surface area contributed by atoms with Gasteiger partial charge in [0.05, 0.1) is 22.0 Å². The van der Waals surface area contributed by atoms with Crippen molar-refractivity contribution in [1.82, 2.24) is 14.8 Å². The monoisotopic (exact) mass is 463 g/mol. The highest BCUT2D eigenvalue weighted by Gasteiger charge is 2.29. The number of nitrogens with zero attached hydrogens (tertiary/aromatic N) is 4. The zero-order chi connectivity index (χ0) is 23.1. The Balaban J connectivity index is 1.39. The van der Waals surface area contributed by atoms with Gasteiger partial charge in [-0.3, -0.25) is 4.79 Å². The zero-order valence-corrected chi connectivity index (χ0v) is 19.7. The molecule has 1 aliphatic rings. The van der Waals surface area contributed by atoms with Crippen LogP contribution in [0.15, 0.2) is 42.5 Å². The second-order valence-corrected chi connectivity index (χ2v) is 9.65. The highest BCUT2D eigenvalue weighted by molar-refractivity contribution is 7.22. The van der Waals surface area contributed by atoms with Crippen molar-refractivity contribution >= 4 is 38.4 Å². The van der Waals surface area contributed by atoms with Crippen LogP contribution in [0, 0.1) is 32.5 Å². The first kappa shape index (κ1) is 21.6. The summed E-state index contributed by atoms with van der Waals surface area (Å²) in [5.74, 6) is -0.357. The van der Waals surface area contributed by atoms with Crippen molar-refractivity contribution in [1.29, 1.82) is 0 Å². The van der Waals surface area contributed by atoms with Crippen molar-refractivity contribution in [2.75, 3.05) is 23.3 Å². The first-order chi connectivity index (χ1) is 15.9. The molecule has 2 aromatic heterocycles. The van der Waals surface area contributed by atoms with Gasteiger partial charge in [0.15, 0.2) is 10.8 Å². The first-order valence-electron chi connectivity index (χ1n) is 11.1. The number of hydrogen-bond donors (Lipinski definition) is 1. The molecule has 170 valence electrons. The van der Waals surface area contributed by atoms with E-state index in [-0.39, 0.29) is 17.6 Å². The Morgan fingerprint density at radius 3 is 2.67 bits per heavy atom. The Kier molecular flexibility index (Phi) is 5.62. The molecule has 6 nitrogen and oxygen atoms in total. The number of piperidine rings is 1. The first-order valence-corrected chi connectivity index (χ1v) is 12.0. The number of nitrogens with one attached hydrogen (secondary N) is 1. The molecule has 33 heavy (non-hydrogen) atoms. The van der Waals surface area contributed by atoms with Gasteiger partial charge in [-0.05, 0) is 62.9 Å². The van der Waals surface area contributed by atoms with Crippen LogP contribution in [-0.4, -0.2) is 33.8 Å². The van der Waals surface area contributed by atoms with E-state index in [1.807, 2.05) is 45.0 Å². The number of hydrogen-bond acceptors (Lipinski definition) is 5. The molecule has 2 aromatic carbocycles. The van der Waals surface area contributed by atoms with Gasteiger partial charge >= 0.3 is 0 Å². The minimum Gasteiger partial charge on any atom is -0.347 e. The summed E-state index contributed by atoms with van der Waals surface area (Å²) in [6.07, 6.45) is 1.78. The Labute approximate surface area is 196 Å². The number of benzene rings is 2. The fourth-order valence-electron chi connectivity index (χ4n) is 4.45. The van der Waals surface area contributed by atoms with Crippen LogP contribution in [0.5, 0.6) is 0 Å². The Morgan fingerprint density at radius 1 is 1.15 bits per heavy atom. The minimum atomic E-state index is -0.307. The standard InChI is InChI=1S/C25H26FN5OS/c1-15-7-4-8-16(2)21(15)27-24(32)18-9-6-12-30(14-18)25-28-23-22(33-25)17(3)29-31(23)20-11-5-10-19(26)13-20/h4-5,7-8,10-11,13,18H,6,9,12,14H2,1-3H3,(H,27,32). The predicted octanol–water partition coefficient (Wildman–Crippen LogP) is 5.40. The second kappa shape index (κ2) is 8.59. The summed E-state index contributed by atoms with van der Waals surface area (Å²) in [7, 11) is 0. The molecule has 1 saturated heterocycles. The van der Waals surface area contributed by atoms with Gasteiger partial charge in [-0.2, -0.15) is 10.1 Å². The topological polar surface area (TPSA) is 63.1 Å². The smallest absolute Gasteiger partial charge is 0.229 e. The third kappa shape index (κ3) is 4.11. The Morgan fingerprint density at radius 2 is 1.91 bits per heavy atom. The number of halogens is 1. The number of aromatic nitrogens is 3. The number of fused-ring (bicyclic) bond motifs is 1. The van der Waals surface area contributed by atoms with Crippen LogP contribution in [0.1, 0.15) is 29.7 Å². The van der Waals surface area contributed by atoms with Crippen molar-refractivity contribution < 1.29 is 9.18 Å². The minimum absolute atomic E-state index is 0.0559. The van der Waals surface area contributed by atoms with Gasteiger partial charge in [-0.1, -0.05) is 35.6 Å². The van der Waals surface area contributed by atoms with Gasteiger partial charge in [0, 0.05) is 18.8 Å². The van der Waals surface area contributed by atoms with E-state index in [9.17, 15) is 9.18 Å². The highest BCUT2D eigenvalue weighted by atomic mass is 32.1. The van der Waals surface area contributed by atoms with E-state index in [1.54, 1.807) is 22.1 Å². The summed E-state index contributed by atoms with van der Waals surface area (Å²) in [4.78, 5) is 20.1. The molecule has 1 aliphatic heterocycles. The van der Waals surface area contributed by atoms with Crippen LogP contribution in [0.2, 0.25) is 0 Å². The van der Waals surface area contributed by atoms with E-state index in [1.165, 1.54) is 12.1 Å². The lowest BCUT2D eigenvalue weighted by atomic mass is 9.97. The molecule has 1 N–H and O–H groups in total. The quantitative estimate of drug-likeness (QED) is 0.440. The summed E-state index contributed by atoms with van der Waals surface area (Å²) in [6, 6.07) is 12.4. The predicted molar refractivity (Wildman–Crippen MR) is 131 cm³/mol. The van der Waals surface area contributed by atoms with Crippen LogP contribution >= 0.6 is 11.3 Å². The molecular formula is C25H26FN5OS. The van der Waals surface area contributed by atoms with E-state index in [0.29, 0.717) is 12.2 Å². The summed E-state index contributed by atoms with van der Waals surface area (Å²) < 4.78 is 16.5. The van der Waals surface area contributed by atoms with E-state index in [2.05, 4.69) is 15.3 Å². The van der Waals surface area contributed by atoms with E-state index < -0.39 is 0 Å². The summed E-state index contributed by atoms with van der Waals surface area (Å²) >= 11 is 1.58. The molecule has 1 atom stereocenters. The van der Waals surface area contributed by atoms with Crippen molar-refractivity contribution in [3.8, 4) is 5.69 Å². The molecule has 5 rings (SSSR count). The third-order valence-electron chi connectivity index (χ3n) is 6.22. The second-order valence-electron chi connectivity index (χ2n) is 8.67. The average Bonchev–Trinajstić information content (AvgIpc) is 3.37. The number of carbonyl (C=O) groups excluding carboxylic acids is 1. The molecule has 0 radical (unpaired) electrons. The zero-order valence-electron chi connectivity index (χ0n) is 18.9. The Bertz CT molecular complexity index is 1320. The molecule has 3 heterocycles. The number of aryl methyl sites for hydroxylation is 3. The fraction of sp³-hybridized carbons (Fsp3) is 0.320. The summed E-state index contributed by atoms with van der Waals surface area (Å²) in [5.41, 5.74) is 5.28. The van der Waals surface area contributed by atoms with Gasteiger partial charge in [-0.25, -0.2) is 9.07 Å². The van der Waals surface area contributed by atoms with Crippen molar-refractivity contribution in [2.24, 2.45) is 5.92 Å². The largest absolute Gasteiger partial charge is 0.347 e. The van der Waals surface area contributed by atoms with Crippen LogP contribution < -0.4 is 10.2 Å². The number of carbonyl (C=O) groups is 1. The molecule has 1 unspecified atom stereocenters. The molecule has 1 amide bonds. The fourth-order valence-corrected chi connectivity index (χ4v) is 5.47. The van der Waals surface area contributed by atoms with E-state index in [4.69, 9.17) is 4.98 Å². The summed E-state index contributed by atoms with van der Waals surface area (Å²) in [6.45, 7) is 7.45. The number of thiazole rings is 1. The van der Waals surface area contributed by atoms with Crippen molar-refractivity contribution in [3.05, 3.63) is 65.1 Å². The van der Waals surface area contributed by atoms with Crippen LogP contribution in [-0.2, 0) is 4.79 Å². The highest BCUT2D eigenvalue weighted by Crippen LogP contribution is 2.35. The SMILES string of the molecule is Cc1cccc(C)c1NC(=O)C1CCCN(c2nc3c(s2)c(C)nn3-c2cccc(F)c2)C1. The molecular weight excluding hydrogens is 437 g/mol. The molecule has 0 saturated carbocycles. The average molecular weight is 464 g/mol. The maximum Gasteiger partial charge on any atom is 0.229 e. The van der Waals surface area contributed by atoms with Crippen LogP contribution in [0.25, 0.3) is 16.0 Å². The van der Waals surface area contributed by atoms with E-state index >= 15 is 0 Å². The lowest BCUT2D eigenvalue weighted by Gasteiger charge is -2.32.